The van der Waals surface area contributed by atoms with Gasteiger partial charge in [0.05, 0.1) is 27.1 Å². The fourth-order valence-corrected chi connectivity index (χ4v) is 8.39. The van der Waals surface area contributed by atoms with Crippen molar-refractivity contribution in [1.29, 1.82) is 0 Å². The van der Waals surface area contributed by atoms with E-state index in [2.05, 4.69) is 33.3 Å². The second kappa shape index (κ2) is 27.2. The van der Waals surface area contributed by atoms with Gasteiger partial charge in [-0.3, -0.25) is 29.0 Å². The first-order valence-corrected chi connectivity index (χ1v) is 23.1. The van der Waals surface area contributed by atoms with Crippen molar-refractivity contribution < 1.29 is 33.8 Å². The summed E-state index contributed by atoms with van der Waals surface area (Å²) in [6.07, 6.45) is 5.70. The van der Waals surface area contributed by atoms with Crippen molar-refractivity contribution in [3.8, 4) is 11.5 Å². The number of ketones is 1. The highest BCUT2D eigenvalue weighted by Gasteiger charge is 2.22. The van der Waals surface area contributed by atoms with E-state index < -0.39 is 5.97 Å². The number of amides is 2. The van der Waals surface area contributed by atoms with E-state index in [-0.39, 0.29) is 44.4 Å². The molecule has 0 atom stereocenters. The Kier molecular flexibility index (Phi) is 20.9. The van der Waals surface area contributed by atoms with Crippen molar-refractivity contribution in [3.05, 3.63) is 156 Å². The number of aliphatic carboxylic acids is 1. The lowest BCUT2D eigenvalue weighted by atomic mass is 10.0. The molecule has 0 spiro atoms. The number of Topliss-reactive ketones (excluding diaryl/α,β-unsaturated/α-hetero) is 1. The number of hydrogen-bond donors (Lipinski definition) is 2. The van der Waals surface area contributed by atoms with E-state index in [1.807, 2.05) is 120 Å². The lowest BCUT2D eigenvalue weighted by Crippen LogP contribution is -2.48. The molecule has 2 saturated heterocycles. The molecular weight excluding hydrogens is 841 g/mol. The molecule has 6 aromatic rings. The lowest BCUT2D eigenvalue weighted by Gasteiger charge is -2.35. The van der Waals surface area contributed by atoms with Gasteiger partial charge in [-0.25, -0.2) is 0 Å². The molecule has 0 aliphatic carbocycles. The first-order valence-electron chi connectivity index (χ1n) is 23.1. The maximum absolute atomic E-state index is 12.6. The normalized spacial score (nSPS) is 13.8. The van der Waals surface area contributed by atoms with E-state index >= 15 is 0 Å². The molecular formula is C56H68N4O7. The Morgan fingerprint density at radius 3 is 1.67 bits per heavy atom. The van der Waals surface area contributed by atoms with Crippen LogP contribution in [0.5, 0.6) is 11.5 Å². The number of nitrogens with zero attached hydrogens (tertiary/aromatic N) is 3. The Balaban J connectivity index is 0.000000204. The van der Waals surface area contributed by atoms with Gasteiger partial charge in [0.15, 0.2) is 5.78 Å². The molecule has 2 aliphatic heterocycles. The summed E-state index contributed by atoms with van der Waals surface area (Å²) in [5.41, 5.74) is 4.12. The molecule has 0 aromatic heterocycles. The summed E-state index contributed by atoms with van der Waals surface area (Å²) in [6.45, 7) is 7.65. The summed E-state index contributed by atoms with van der Waals surface area (Å²) in [7, 11) is 3.44. The smallest absolute Gasteiger partial charge is 0.305 e. The second-order valence-corrected chi connectivity index (χ2v) is 16.8. The third kappa shape index (κ3) is 16.4. The average Bonchev–Trinajstić information content (AvgIpc) is 3.35. The lowest BCUT2D eigenvalue weighted by molar-refractivity contribution is -0.137. The van der Waals surface area contributed by atoms with Crippen LogP contribution in [0.15, 0.2) is 133 Å². The molecule has 0 unspecified atom stereocenters. The largest absolute Gasteiger partial charge is 0.496 e. The Hall–Kier alpha value is -6.56. The summed E-state index contributed by atoms with van der Waals surface area (Å²) in [6, 6.07) is 44.0. The number of fused-ring (bicyclic) bond motifs is 2. The van der Waals surface area contributed by atoms with Crippen molar-refractivity contribution in [2.24, 2.45) is 0 Å². The number of rotatable bonds is 16. The first kappa shape index (κ1) is 51.4. The van der Waals surface area contributed by atoms with Gasteiger partial charge in [0, 0.05) is 75.3 Å². The molecule has 0 saturated carbocycles. The molecule has 2 heterocycles. The number of carbonyl (C=O) groups excluding carboxylic acids is 3. The van der Waals surface area contributed by atoms with E-state index in [1.165, 1.54) is 43.5 Å². The van der Waals surface area contributed by atoms with Crippen LogP contribution < -0.4 is 14.8 Å². The van der Waals surface area contributed by atoms with Crippen LogP contribution in [0.1, 0.15) is 79.4 Å². The number of piperazine rings is 1. The molecule has 2 N–H and O–H groups in total. The highest BCUT2D eigenvalue weighted by atomic mass is 16.5. The van der Waals surface area contributed by atoms with Gasteiger partial charge in [0.2, 0.25) is 11.8 Å². The Morgan fingerprint density at radius 1 is 0.567 bits per heavy atom. The molecule has 11 heteroatoms. The van der Waals surface area contributed by atoms with Crippen LogP contribution in [0.4, 0.5) is 0 Å². The number of carboxylic acids is 1. The van der Waals surface area contributed by atoms with Gasteiger partial charge in [-0.05, 0) is 77.7 Å². The number of likely N-dealkylation sites (tertiary alicyclic amines) is 1. The molecule has 8 rings (SSSR count). The predicted octanol–water partition coefficient (Wildman–Crippen LogP) is 9.84. The van der Waals surface area contributed by atoms with Crippen LogP contribution >= 0.6 is 0 Å². The minimum Gasteiger partial charge on any atom is -0.496 e. The Bertz CT molecular complexity index is 2510. The van der Waals surface area contributed by atoms with Crippen molar-refractivity contribution >= 4 is 45.1 Å². The molecule has 67 heavy (non-hydrogen) atoms. The maximum atomic E-state index is 12.6. The van der Waals surface area contributed by atoms with Gasteiger partial charge in [-0.2, -0.15) is 0 Å². The SMILES string of the molecule is C.COc1ccccc1CN1CCCCC1.COc1ccccc1CN1CCN(C(=O)CCCC(=O)c2ccc3ccccc3c2)CC1.O=C(O)CCNC(=O)Cc1ccc2ccccc2c1. The van der Waals surface area contributed by atoms with Gasteiger partial charge < -0.3 is 24.8 Å². The quantitative estimate of drug-likeness (QED) is 0.0913. The topological polar surface area (TPSA) is 129 Å². The minimum absolute atomic E-state index is 0. The van der Waals surface area contributed by atoms with Gasteiger partial charge in [-0.1, -0.05) is 129 Å². The zero-order chi connectivity index (χ0) is 46.5. The molecule has 2 fully saturated rings. The number of carbonyl (C=O) groups is 4. The molecule has 354 valence electrons. The number of benzene rings is 6. The van der Waals surface area contributed by atoms with Crippen molar-refractivity contribution in [2.45, 2.75) is 71.9 Å². The van der Waals surface area contributed by atoms with Crippen LogP contribution in [0, 0.1) is 0 Å². The number of piperidine rings is 1. The number of methoxy groups -OCH3 is 2. The second-order valence-electron chi connectivity index (χ2n) is 16.8. The predicted molar refractivity (Wildman–Crippen MR) is 269 cm³/mol. The molecule has 2 amide bonds. The maximum Gasteiger partial charge on any atom is 0.305 e. The Morgan fingerprint density at radius 2 is 1.09 bits per heavy atom. The molecule has 6 aromatic carbocycles. The van der Waals surface area contributed by atoms with Crippen LogP contribution in [0.2, 0.25) is 0 Å². The third-order valence-electron chi connectivity index (χ3n) is 12.1. The standard InChI is InChI=1S/C27H30N2O3.C15H15NO3.C13H19NO.CH4/c1-32-26-11-5-4-9-24(26)20-28-15-17-29(18-16-28)27(31)12-6-10-25(30)23-14-13-21-7-2-3-8-22(21)19-23;17-14(16-8-7-15(18)19)10-11-5-6-12-3-1-2-4-13(12)9-11;1-15-13-8-4-3-7-12(13)11-14-9-5-2-6-10-14;/h2-5,7-9,11,13-14,19H,6,10,12,15-18,20H2,1H3;1-6,9H,7-8,10H2,(H,16,17)(H,18,19);3-4,7-8H,2,5-6,9-11H2,1H3;1H4. The number of hydrogen-bond acceptors (Lipinski definition) is 8. The van der Waals surface area contributed by atoms with Crippen molar-refractivity contribution in [2.75, 3.05) is 60.0 Å². The van der Waals surface area contributed by atoms with E-state index in [0.717, 1.165) is 83.4 Å². The van der Waals surface area contributed by atoms with Crippen LogP contribution in [-0.2, 0) is 33.9 Å². The van der Waals surface area contributed by atoms with Gasteiger partial charge in [-0.15, -0.1) is 0 Å². The van der Waals surface area contributed by atoms with Crippen LogP contribution in [0.25, 0.3) is 21.5 Å². The summed E-state index contributed by atoms with van der Waals surface area (Å²) in [5, 5.41) is 15.5. The third-order valence-corrected chi connectivity index (χ3v) is 12.1. The summed E-state index contributed by atoms with van der Waals surface area (Å²) in [5.74, 6) is 1.10. The fraction of sp³-hybridized carbons (Fsp3) is 0.357. The van der Waals surface area contributed by atoms with Gasteiger partial charge in [0.1, 0.15) is 11.5 Å². The van der Waals surface area contributed by atoms with Gasteiger partial charge in [0.25, 0.3) is 0 Å². The van der Waals surface area contributed by atoms with E-state index in [4.69, 9.17) is 14.6 Å². The molecule has 0 bridgehead atoms. The highest BCUT2D eigenvalue weighted by molar-refractivity contribution is 6.00. The summed E-state index contributed by atoms with van der Waals surface area (Å²) in [4.78, 5) is 54.0. The first-order chi connectivity index (χ1) is 32.2. The van der Waals surface area contributed by atoms with E-state index in [0.29, 0.717) is 19.3 Å². The van der Waals surface area contributed by atoms with E-state index in [9.17, 15) is 19.2 Å². The minimum atomic E-state index is -0.911. The highest BCUT2D eigenvalue weighted by Crippen LogP contribution is 2.23. The number of para-hydroxylation sites is 2. The van der Waals surface area contributed by atoms with Crippen LogP contribution in [-0.4, -0.2) is 103 Å². The zero-order valence-electron chi connectivity index (χ0n) is 38.5. The van der Waals surface area contributed by atoms with E-state index in [1.54, 1.807) is 14.2 Å². The Labute approximate surface area is 396 Å². The van der Waals surface area contributed by atoms with Gasteiger partial charge >= 0.3 is 5.97 Å². The number of nitrogens with one attached hydrogen (secondary N) is 1. The van der Waals surface area contributed by atoms with Crippen molar-refractivity contribution in [3.63, 3.8) is 0 Å². The molecule has 2 aliphatic rings. The fourth-order valence-electron chi connectivity index (χ4n) is 8.39. The summed E-state index contributed by atoms with van der Waals surface area (Å²) < 4.78 is 10.8. The molecule has 11 nitrogen and oxygen atoms in total. The summed E-state index contributed by atoms with van der Waals surface area (Å²) >= 11 is 0. The van der Waals surface area contributed by atoms with Crippen LogP contribution in [0.3, 0.4) is 0 Å². The molecule has 0 radical (unpaired) electrons. The average molecular weight is 909 g/mol. The van der Waals surface area contributed by atoms with Crippen molar-refractivity contribution in [1.82, 2.24) is 20.0 Å². The monoisotopic (exact) mass is 909 g/mol. The number of ether oxygens (including phenoxy) is 2. The zero-order valence-corrected chi connectivity index (χ0v) is 38.5. The number of carboxylic acid groups (broad SMARTS) is 1.